The Balaban J connectivity index is 3.17. The third kappa shape index (κ3) is 1.96. The molecule has 0 atom stereocenters. The quantitative estimate of drug-likeness (QED) is 0.774. The lowest BCUT2D eigenvalue weighted by Crippen LogP contribution is -1.91. The third-order valence-corrected chi connectivity index (χ3v) is 3.47. The molecule has 0 fully saturated rings. The van der Waals surface area contributed by atoms with Crippen molar-refractivity contribution in [3.63, 3.8) is 0 Å². The maximum Gasteiger partial charge on any atom is 0.345 e. The minimum atomic E-state index is -3.80. The van der Waals surface area contributed by atoms with Crippen LogP contribution in [0.2, 0.25) is 0 Å². The van der Waals surface area contributed by atoms with Crippen molar-refractivity contribution in [3.05, 3.63) is 16.3 Å². The number of carboxylic acids is 1. The van der Waals surface area contributed by atoms with Crippen LogP contribution in [-0.4, -0.2) is 19.5 Å². The minimum absolute atomic E-state index is 0.0470. The molecular weight excluding hydrogens is 224 g/mol. The van der Waals surface area contributed by atoms with Crippen molar-refractivity contribution in [2.45, 2.75) is 4.90 Å². The van der Waals surface area contributed by atoms with Gasteiger partial charge in [-0.3, -0.25) is 0 Å². The SMILES string of the molecule is O=C(O)c1cc(S(=O)(=O)Cl)cs1. The van der Waals surface area contributed by atoms with Crippen molar-refractivity contribution in [1.29, 1.82) is 0 Å². The predicted octanol–water partition coefficient (Wildman–Crippen LogP) is 1.37. The lowest BCUT2D eigenvalue weighted by atomic mass is 10.5. The first kappa shape index (κ1) is 9.50. The number of carboxylic acid groups (broad SMARTS) is 1. The van der Waals surface area contributed by atoms with Gasteiger partial charge >= 0.3 is 5.97 Å². The van der Waals surface area contributed by atoms with E-state index in [1.165, 1.54) is 5.38 Å². The highest BCUT2D eigenvalue weighted by atomic mass is 35.7. The zero-order chi connectivity index (χ0) is 9.35. The first-order chi connectivity index (χ1) is 5.41. The molecular formula is C5H3ClO4S2. The van der Waals surface area contributed by atoms with Crippen LogP contribution in [0, 0.1) is 0 Å². The Morgan fingerprint density at radius 2 is 2.17 bits per heavy atom. The second kappa shape index (κ2) is 3.04. The van der Waals surface area contributed by atoms with Crippen LogP contribution >= 0.6 is 22.0 Å². The van der Waals surface area contributed by atoms with Crippen LogP contribution in [0.15, 0.2) is 16.3 Å². The lowest BCUT2D eigenvalue weighted by Gasteiger charge is -1.85. The van der Waals surface area contributed by atoms with Gasteiger partial charge in [-0.2, -0.15) is 0 Å². The fourth-order valence-electron chi connectivity index (χ4n) is 0.559. The van der Waals surface area contributed by atoms with Crippen LogP contribution < -0.4 is 0 Å². The highest BCUT2D eigenvalue weighted by Crippen LogP contribution is 2.22. The van der Waals surface area contributed by atoms with Crippen LogP contribution in [-0.2, 0) is 9.05 Å². The first-order valence-corrected chi connectivity index (χ1v) is 5.86. The lowest BCUT2D eigenvalue weighted by molar-refractivity contribution is 0.0702. The number of aromatic carboxylic acids is 1. The first-order valence-electron chi connectivity index (χ1n) is 2.68. The fourth-order valence-corrected chi connectivity index (χ4v) is 2.56. The molecule has 4 nitrogen and oxygen atoms in total. The monoisotopic (exact) mass is 226 g/mol. The Kier molecular flexibility index (Phi) is 2.41. The summed E-state index contributed by atoms with van der Waals surface area (Å²) in [6.45, 7) is 0. The molecule has 0 aliphatic rings. The number of carbonyl (C=O) groups is 1. The summed E-state index contributed by atoms with van der Waals surface area (Å²) in [5.74, 6) is -1.16. The summed E-state index contributed by atoms with van der Waals surface area (Å²) in [7, 11) is 1.17. The van der Waals surface area contributed by atoms with Gasteiger partial charge in [-0.25, -0.2) is 13.2 Å². The van der Waals surface area contributed by atoms with E-state index < -0.39 is 15.0 Å². The smallest absolute Gasteiger partial charge is 0.345 e. The summed E-state index contributed by atoms with van der Waals surface area (Å²) in [4.78, 5) is 10.1. The van der Waals surface area contributed by atoms with E-state index in [4.69, 9.17) is 15.8 Å². The molecule has 0 saturated carbocycles. The van der Waals surface area contributed by atoms with Crippen molar-refractivity contribution in [3.8, 4) is 0 Å². The molecule has 66 valence electrons. The molecule has 0 aliphatic carbocycles. The van der Waals surface area contributed by atoms with Gasteiger partial charge < -0.3 is 5.11 Å². The van der Waals surface area contributed by atoms with Gasteiger partial charge in [0.2, 0.25) is 0 Å². The average molecular weight is 227 g/mol. The van der Waals surface area contributed by atoms with E-state index in [0.29, 0.717) is 0 Å². The van der Waals surface area contributed by atoms with E-state index in [1.54, 1.807) is 0 Å². The van der Waals surface area contributed by atoms with Crippen LogP contribution in [0.1, 0.15) is 9.67 Å². The van der Waals surface area contributed by atoms with Crippen LogP contribution in [0.3, 0.4) is 0 Å². The molecule has 0 bridgehead atoms. The molecule has 0 spiro atoms. The molecule has 12 heavy (non-hydrogen) atoms. The number of hydrogen-bond acceptors (Lipinski definition) is 4. The Bertz CT molecular complexity index is 405. The van der Waals surface area contributed by atoms with Gasteiger partial charge in [-0.1, -0.05) is 0 Å². The van der Waals surface area contributed by atoms with Gasteiger partial charge in [0, 0.05) is 16.1 Å². The van der Waals surface area contributed by atoms with Gasteiger partial charge in [0.15, 0.2) is 0 Å². The standard InChI is InChI=1S/C5H3ClO4S2/c6-12(9,10)3-1-4(5(7)8)11-2-3/h1-2H,(H,7,8). The van der Waals surface area contributed by atoms with E-state index >= 15 is 0 Å². The highest BCUT2D eigenvalue weighted by Gasteiger charge is 2.15. The predicted molar refractivity (Wildman–Crippen MR) is 44.3 cm³/mol. The normalized spacial score (nSPS) is 11.4. The summed E-state index contributed by atoms with van der Waals surface area (Å²) < 4.78 is 21.3. The number of halogens is 1. The van der Waals surface area contributed by atoms with Gasteiger partial charge in [-0.15, -0.1) is 11.3 Å². The molecule has 0 aliphatic heterocycles. The van der Waals surface area contributed by atoms with E-state index in [1.807, 2.05) is 0 Å². The topological polar surface area (TPSA) is 71.4 Å². The molecule has 1 aromatic heterocycles. The zero-order valence-electron chi connectivity index (χ0n) is 5.52. The summed E-state index contributed by atoms with van der Waals surface area (Å²) in [6, 6.07) is 1.02. The minimum Gasteiger partial charge on any atom is -0.477 e. The molecule has 1 rings (SSSR count). The van der Waals surface area contributed by atoms with Crippen molar-refractivity contribution >= 4 is 37.0 Å². The summed E-state index contributed by atoms with van der Waals surface area (Å²) in [5.41, 5.74) is 0. The molecule has 0 radical (unpaired) electrons. The second-order valence-corrected chi connectivity index (χ2v) is 5.37. The second-order valence-electron chi connectivity index (χ2n) is 1.89. The molecule has 7 heteroatoms. The van der Waals surface area contributed by atoms with Gasteiger partial charge in [-0.05, 0) is 6.07 Å². The number of thiophene rings is 1. The van der Waals surface area contributed by atoms with Crippen molar-refractivity contribution in [2.75, 3.05) is 0 Å². The summed E-state index contributed by atoms with van der Waals surface area (Å²) >= 11 is 0.821. The summed E-state index contributed by atoms with van der Waals surface area (Å²) in [5, 5.41) is 9.62. The zero-order valence-corrected chi connectivity index (χ0v) is 7.91. The Morgan fingerprint density at radius 3 is 2.42 bits per heavy atom. The molecule has 0 saturated heterocycles. The Hall–Kier alpha value is -0.590. The third-order valence-electron chi connectivity index (χ3n) is 1.07. The molecule has 0 amide bonds. The highest BCUT2D eigenvalue weighted by molar-refractivity contribution is 8.13. The van der Waals surface area contributed by atoms with Crippen LogP contribution in [0.25, 0.3) is 0 Å². The van der Waals surface area contributed by atoms with Crippen molar-refractivity contribution in [2.24, 2.45) is 0 Å². The van der Waals surface area contributed by atoms with Gasteiger partial charge in [0.05, 0.1) is 4.90 Å². The molecule has 0 unspecified atom stereocenters. The van der Waals surface area contributed by atoms with Gasteiger partial charge in [0.25, 0.3) is 9.05 Å². The van der Waals surface area contributed by atoms with E-state index in [0.717, 1.165) is 17.4 Å². The van der Waals surface area contributed by atoms with E-state index in [2.05, 4.69) is 0 Å². The fraction of sp³-hybridized carbons (Fsp3) is 0. The molecule has 0 aromatic carbocycles. The van der Waals surface area contributed by atoms with E-state index in [-0.39, 0.29) is 9.77 Å². The Labute approximate surface area is 76.8 Å². The van der Waals surface area contributed by atoms with Crippen molar-refractivity contribution < 1.29 is 18.3 Å². The maximum atomic E-state index is 10.6. The average Bonchev–Trinajstić information content (AvgIpc) is 2.30. The molecule has 1 N–H and O–H groups in total. The summed E-state index contributed by atoms with van der Waals surface area (Å²) in [6.07, 6.45) is 0. The van der Waals surface area contributed by atoms with Crippen molar-refractivity contribution in [1.82, 2.24) is 0 Å². The van der Waals surface area contributed by atoms with Crippen LogP contribution in [0.5, 0.6) is 0 Å². The van der Waals surface area contributed by atoms with Crippen LogP contribution in [0.4, 0.5) is 0 Å². The number of hydrogen-bond donors (Lipinski definition) is 1. The molecule has 1 heterocycles. The van der Waals surface area contributed by atoms with Gasteiger partial charge in [0.1, 0.15) is 4.88 Å². The van der Waals surface area contributed by atoms with E-state index in [9.17, 15) is 13.2 Å². The largest absolute Gasteiger partial charge is 0.477 e. The number of rotatable bonds is 2. The molecule has 1 aromatic rings. The Morgan fingerprint density at radius 1 is 1.58 bits per heavy atom. The maximum absolute atomic E-state index is 10.6.